The summed E-state index contributed by atoms with van der Waals surface area (Å²) in [7, 11) is 4.30. The van der Waals surface area contributed by atoms with Gasteiger partial charge in [-0.2, -0.15) is 0 Å². The topological polar surface area (TPSA) is 79.3 Å². The molecule has 0 spiro atoms. The quantitative estimate of drug-likeness (QED) is 0.140. The summed E-state index contributed by atoms with van der Waals surface area (Å²) >= 11 is 0. The number of rotatable bonds is 11. The lowest BCUT2D eigenvalue weighted by molar-refractivity contribution is -0.180. The number of nitrogens with zero attached hydrogens (tertiary/aromatic N) is 2. The zero-order valence-electron chi connectivity index (χ0n) is 35.1. The zero-order chi connectivity index (χ0) is 38.5. The van der Waals surface area contributed by atoms with Crippen LogP contribution in [0.25, 0.3) is 0 Å². The maximum absolute atomic E-state index is 15.1. The number of benzene rings is 1. The van der Waals surface area contributed by atoms with Crippen molar-refractivity contribution in [3.63, 3.8) is 0 Å². The molecule has 2 atom stereocenters. The molecule has 0 bridgehead atoms. The highest BCUT2D eigenvalue weighted by molar-refractivity contribution is 5.95. The number of aromatic hydroxyl groups is 1. The van der Waals surface area contributed by atoms with Crippen LogP contribution in [0.4, 0.5) is 0 Å². The van der Waals surface area contributed by atoms with Gasteiger partial charge in [0.15, 0.2) is 5.41 Å². The standard InChI is InChI=1S/C43H74N2O5/c1-18-19-20-32(29-21-33(37(2,3)4)35(47)34(22-29)38(5,6)7)43(27-46,28-49-30-23-39(8,9)44(16)40(10,11)24-30)36(48)50-31-25-41(12,13)45(17)42(14,15)26-31/h21-22,27,30-32,47H,18-20,23-26,28H2,1-17H3. The van der Waals surface area contributed by atoms with Crippen molar-refractivity contribution >= 4 is 12.3 Å². The molecule has 2 aliphatic heterocycles. The molecule has 1 N–H and O–H groups in total. The van der Waals surface area contributed by atoms with Crippen LogP contribution in [0.2, 0.25) is 0 Å². The van der Waals surface area contributed by atoms with Gasteiger partial charge in [-0.15, -0.1) is 0 Å². The fraction of sp³-hybridized carbons (Fsp3) is 0.814. The van der Waals surface area contributed by atoms with Crippen LogP contribution in [-0.2, 0) is 29.9 Å². The Labute approximate surface area is 306 Å². The number of phenols is 1. The van der Waals surface area contributed by atoms with Gasteiger partial charge in [0.1, 0.15) is 18.1 Å². The fourth-order valence-electron chi connectivity index (χ4n) is 8.87. The van der Waals surface area contributed by atoms with Gasteiger partial charge in [-0.3, -0.25) is 14.6 Å². The molecule has 50 heavy (non-hydrogen) atoms. The van der Waals surface area contributed by atoms with Crippen molar-refractivity contribution in [3.05, 3.63) is 28.8 Å². The van der Waals surface area contributed by atoms with Crippen molar-refractivity contribution in [2.45, 2.75) is 200 Å². The van der Waals surface area contributed by atoms with E-state index in [1.807, 2.05) is 12.1 Å². The lowest BCUT2D eigenvalue weighted by Crippen LogP contribution is -2.61. The van der Waals surface area contributed by atoms with Crippen LogP contribution in [-0.4, -0.2) is 82.2 Å². The highest BCUT2D eigenvalue weighted by atomic mass is 16.6. The van der Waals surface area contributed by atoms with Crippen LogP contribution in [0, 0.1) is 5.41 Å². The van der Waals surface area contributed by atoms with Gasteiger partial charge < -0.3 is 19.4 Å². The highest BCUT2D eigenvalue weighted by Crippen LogP contribution is 2.48. The molecule has 0 saturated carbocycles. The monoisotopic (exact) mass is 699 g/mol. The second-order valence-corrected chi connectivity index (χ2v) is 20.5. The van der Waals surface area contributed by atoms with Crippen molar-refractivity contribution < 1.29 is 24.2 Å². The summed E-state index contributed by atoms with van der Waals surface area (Å²) in [4.78, 5) is 33.8. The number of carbonyl (C=O) groups is 2. The third kappa shape index (κ3) is 8.80. The average Bonchev–Trinajstić information content (AvgIpc) is 2.95. The first kappa shape index (κ1) is 42.5. The highest BCUT2D eigenvalue weighted by Gasteiger charge is 2.53. The maximum Gasteiger partial charge on any atom is 0.322 e. The van der Waals surface area contributed by atoms with Gasteiger partial charge in [0, 0.05) is 40.9 Å². The van der Waals surface area contributed by atoms with Crippen molar-refractivity contribution in [2.75, 3.05) is 20.7 Å². The van der Waals surface area contributed by atoms with Crippen LogP contribution in [0.15, 0.2) is 12.1 Å². The molecule has 2 heterocycles. The van der Waals surface area contributed by atoms with Crippen LogP contribution in [0.3, 0.4) is 0 Å². The Bertz CT molecular complexity index is 1290. The number of unbranched alkanes of at least 4 members (excludes halogenated alkanes) is 1. The van der Waals surface area contributed by atoms with E-state index in [0.29, 0.717) is 19.3 Å². The molecule has 3 rings (SSSR count). The minimum atomic E-state index is -1.58. The van der Waals surface area contributed by atoms with Gasteiger partial charge >= 0.3 is 5.97 Å². The molecule has 286 valence electrons. The summed E-state index contributed by atoms with van der Waals surface area (Å²) in [5.41, 5.74) is -0.438. The van der Waals surface area contributed by atoms with Gasteiger partial charge in [-0.1, -0.05) is 73.4 Å². The van der Waals surface area contributed by atoms with Crippen molar-refractivity contribution in [3.8, 4) is 5.75 Å². The Balaban J connectivity index is 2.24. The second kappa shape index (κ2) is 14.5. The van der Waals surface area contributed by atoms with Crippen molar-refractivity contribution in [1.82, 2.24) is 9.80 Å². The van der Waals surface area contributed by atoms with E-state index in [1.165, 1.54) is 0 Å². The molecule has 0 aromatic heterocycles. The predicted molar refractivity (Wildman–Crippen MR) is 206 cm³/mol. The minimum absolute atomic E-state index is 0.0553. The van der Waals surface area contributed by atoms with Gasteiger partial charge in [-0.05, 0) is 116 Å². The predicted octanol–water partition coefficient (Wildman–Crippen LogP) is 9.31. The zero-order valence-corrected chi connectivity index (χ0v) is 35.1. The lowest BCUT2D eigenvalue weighted by atomic mass is 9.68. The molecule has 2 aliphatic rings. The molecule has 0 radical (unpaired) electrons. The molecule has 2 fully saturated rings. The molecule has 1 aromatic rings. The molecule has 7 nitrogen and oxygen atoms in total. The molecular formula is C43H74N2O5. The number of piperidine rings is 2. The Morgan fingerprint density at radius 2 is 1.22 bits per heavy atom. The Morgan fingerprint density at radius 3 is 1.58 bits per heavy atom. The van der Waals surface area contributed by atoms with Gasteiger partial charge in [-0.25, -0.2) is 0 Å². The number of likely N-dealkylation sites (tertiary alicyclic amines) is 2. The van der Waals surface area contributed by atoms with Crippen LogP contribution < -0.4 is 0 Å². The molecule has 0 aliphatic carbocycles. The SMILES string of the molecule is CCCCC(c1cc(C(C)(C)C)c(O)c(C(C)(C)C)c1)C(C=O)(COC1CC(C)(C)N(C)C(C)(C)C1)C(=O)OC1CC(C)(C)N(C)C(C)(C)C1. The van der Waals surface area contributed by atoms with E-state index in [4.69, 9.17) is 9.47 Å². The Morgan fingerprint density at radius 1 is 0.820 bits per heavy atom. The third-order valence-electron chi connectivity index (χ3n) is 12.6. The maximum atomic E-state index is 15.1. The summed E-state index contributed by atoms with van der Waals surface area (Å²) in [5.74, 6) is -0.719. The Kier molecular flexibility index (Phi) is 12.3. The van der Waals surface area contributed by atoms with Crippen LogP contribution in [0.1, 0.15) is 171 Å². The van der Waals surface area contributed by atoms with E-state index in [0.717, 1.165) is 48.7 Å². The lowest BCUT2D eigenvalue weighted by Gasteiger charge is -2.54. The summed E-state index contributed by atoms with van der Waals surface area (Å²) in [6.07, 6.45) is 5.65. The van der Waals surface area contributed by atoms with Crippen molar-refractivity contribution in [1.29, 1.82) is 0 Å². The van der Waals surface area contributed by atoms with Gasteiger partial charge in [0.2, 0.25) is 0 Å². The average molecular weight is 699 g/mol. The summed E-state index contributed by atoms with van der Waals surface area (Å²) in [6.45, 7) is 32.3. The molecule has 2 saturated heterocycles. The summed E-state index contributed by atoms with van der Waals surface area (Å²) in [5, 5.41) is 11.6. The summed E-state index contributed by atoms with van der Waals surface area (Å²) in [6, 6.07) is 4.08. The summed E-state index contributed by atoms with van der Waals surface area (Å²) < 4.78 is 13.4. The number of aldehydes is 1. The first-order chi connectivity index (χ1) is 22.6. The van der Waals surface area contributed by atoms with Crippen LogP contribution >= 0.6 is 0 Å². The first-order valence-corrected chi connectivity index (χ1v) is 19.2. The van der Waals surface area contributed by atoms with Gasteiger partial charge in [0.25, 0.3) is 0 Å². The second-order valence-electron chi connectivity index (χ2n) is 20.5. The molecule has 0 amide bonds. The normalized spacial score (nSPS) is 23.6. The van der Waals surface area contributed by atoms with E-state index in [-0.39, 0.29) is 57.6 Å². The number of carbonyl (C=O) groups excluding carboxylic acids is 2. The number of hydrogen-bond acceptors (Lipinski definition) is 7. The number of hydrogen-bond donors (Lipinski definition) is 1. The van der Waals surface area contributed by atoms with E-state index < -0.39 is 17.3 Å². The van der Waals surface area contributed by atoms with Crippen LogP contribution in [0.5, 0.6) is 5.75 Å². The largest absolute Gasteiger partial charge is 0.507 e. The van der Waals surface area contributed by atoms with Gasteiger partial charge in [0.05, 0.1) is 12.7 Å². The Hall–Kier alpha value is -1.96. The minimum Gasteiger partial charge on any atom is -0.507 e. The third-order valence-corrected chi connectivity index (χ3v) is 12.6. The van der Waals surface area contributed by atoms with E-state index in [9.17, 15) is 9.90 Å². The van der Waals surface area contributed by atoms with E-state index in [1.54, 1.807) is 0 Å². The molecule has 2 unspecified atom stereocenters. The van der Waals surface area contributed by atoms with E-state index in [2.05, 4.69) is 128 Å². The number of phenolic OH excluding ortho intramolecular Hbond substituents is 1. The molecular weight excluding hydrogens is 624 g/mol. The molecule has 1 aromatic carbocycles. The molecule has 7 heteroatoms. The van der Waals surface area contributed by atoms with E-state index >= 15 is 4.79 Å². The fourth-order valence-corrected chi connectivity index (χ4v) is 8.87. The van der Waals surface area contributed by atoms with Crippen molar-refractivity contribution in [2.24, 2.45) is 5.41 Å². The first-order valence-electron chi connectivity index (χ1n) is 19.2. The number of esters is 1. The number of ether oxygens (including phenoxy) is 2. The smallest absolute Gasteiger partial charge is 0.322 e.